The average molecular weight is 475 g/mol. The van der Waals surface area contributed by atoms with E-state index in [1.54, 1.807) is 35.0 Å². The Morgan fingerprint density at radius 1 is 1.26 bits per heavy atom. The highest BCUT2D eigenvalue weighted by molar-refractivity contribution is 5.94. The zero-order valence-electron chi connectivity index (χ0n) is 20.8. The molecule has 0 aromatic heterocycles. The van der Waals surface area contributed by atoms with Crippen LogP contribution in [0.15, 0.2) is 18.2 Å². The Hall–Kier alpha value is -2.81. The Kier molecular flexibility index (Phi) is 8.41. The predicted octanol–water partition coefficient (Wildman–Crippen LogP) is 2.23. The van der Waals surface area contributed by atoms with Crippen molar-refractivity contribution in [3.63, 3.8) is 0 Å². The Balaban J connectivity index is 1.89. The van der Waals surface area contributed by atoms with Crippen LogP contribution in [0, 0.1) is 11.8 Å². The van der Waals surface area contributed by atoms with Gasteiger partial charge in [-0.1, -0.05) is 6.92 Å². The summed E-state index contributed by atoms with van der Waals surface area (Å²) < 4.78 is 6.41. The molecule has 0 unspecified atom stereocenters. The van der Waals surface area contributed by atoms with Gasteiger partial charge >= 0.3 is 6.03 Å². The molecule has 1 aromatic carbocycles. The van der Waals surface area contributed by atoms with Crippen LogP contribution >= 0.6 is 0 Å². The Bertz CT molecular complexity index is 901. The van der Waals surface area contributed by atoms with E-state index < -0.39 is 0 Å². The van der Waals surface area contributed by atoms with Gasteiger partial charge in [0.2, 0.25) is 11.8 Å². The quantitative estimate of drug-likeness (QED) is 0.561. The number of carbonyl (C=O) groups is 3. The largest absolute Gasteiger partial charge is 0.488 e. The number of aliphatic hydroxyl groups excluding tert-OH is 1. The molecule has 1 aromatic rings. The first-order valence-electron chi connectivity index (χ1n) is 12.1. The standard InChI is InChI=1S/C25H38N4O5/c1-15(2)26-25(33)28(5)13-22-16(3)12-29(17(4)14-30)23(31)11-19-10-20(8-9-21(19)34-22)27-24(32)18-6-7-18/h8-10,15-18,22,30H,6-7,11-14H2,1-5H3,(H,26,33)(H,27,32)/t16-,17+,22-/m1/s1. The fraction of sp³-hybridized carbons (Fsp3) is 0.640. The second-order valence-electron chi connectivity index (χ2n) is 9.96. The molecular weight excluding hydrogens is 436 g/mol. The van der Waals surface area contributed by atoms with Crippen LogP contribution in [0.4, 0.5) is 10.5 Å². The number of hydrogen-bond acceptors (Lipinski definition) is 5. The van der Waals surface area contributed by atoms with Crippen molar-refractivity contribution in [1.82, 2.24) is 15.1 Å². The van der Waals surface area contributed by atoms with Crippen LogP contribution in [0.2, 0.25) is 0 Å². The minimum absolute atomic E-state index is 0.00456. The molecule has 1 aliphatic carbocycles. The molecule has 9 nitrogen and oxygen atoms in total. The maximum Gasteiger partial charge on any atom is 0.317 e. The third kappa shape index (κ3) is 6.62. The van der Waals surface area contributed by atoms with E-state index in [0.29, 0.717) is 30.1 Å². The molecule has 0 saturated heterocycles. The lowest BCUT2D eigenvalue weighted by atomic mass is 10.0. The van der Waals surface area contributed by atoms with E-state index in [0.717, 1.165) is 12.8 Å². The van der Waals surface area contributed by atoms with E-state index in [4.69, 9.17) is 4.74 Å². The number of carbonyl (C=O) groups excluding carboxylic acids is 3. The smallest absolute Gasteiger partial charge is 0.317 e. The maximum absolute atomic E-state index is 13.2. The Morgan fingerprint density at radius 2 is 1.97 bits per heavy atom. The number of likely N-dealkylation sites (N-methyl/N-ethyl adjacent to an activating group) is 1. The number of urea groups is 1. The number of hydrogen-bond donors (Lipinski definition) is 3. The lowest BCUT2D eigenvalue weighted by Gasteiger charge is -2.34. The van der Waals surface area contributed by atoms with Crippen molar-refractivity contribution in [2.45, 2.75) is 65.1 Å². The summed E-state index contributed by atoms with van der Waals surface area (Å²) in [6, 6.07) is 4.82. The summed E-state index contributed by atoms with van der Waals surface area (Å²) in [6.45, 7) is 8.18. The van der Waals surface area contributed by atoms with Crippen LogP contribution in [0.5, 0.6) is 5.75 Å². The lowest BCUT2D eigenvalue weighted by molar-refractivity contribution is -0.134. The molecule has 3 atom stereocenters. The van der Waals surface area contributed by atoms with Crippen molar-refractivity contribution in [3.8, 4) is 5.75 Å². The molecule has 0 radical (unpaired) electrons. The van der Waals surface area contributed by atoms with E-state index in [-0.39, 0.29) is 60.9 Å². The van der Waals surface area contributed by atoms with E-state index in [2.05, 4.69) is 10.6 Å². The SMILES string of the molecule is CC(C)NC(=O)N(C)C[C@H]1Oc2ccc(NC(=O)C3CC3)cc2CC(=O)N([C@@H](C)CO)C[C@H]1C. The van der Waals surface area contributed by atoms with Gasteiger partial charge in [0.1, 0.15) is 11.9 Å². The van der Waals surface area contributed by atoms with Gasteiger partial charge in [0.25, 0.3) is 0 Å². The first kappa shape index (κ1) is 25.8. The van der Waals surface area contributed by atoms with Crippen LogP contribution in [-0.4, -0.2) is 77.7 Å². The third-order valence-electron chi connectivity index (χ3n) is 6.34. The molecule has 3 N–H and O–H groups in total. The molecule has 3 rings (SSSR count). The van der Waals surface area contributed by atoms with Gasteiger partial charge in [-0.25, -0.2) is 4.79 Å². The lowest BCUT2D eigenvalue weighted by Crippen LogP contribution is -2.49. The monoisotopic (exact) mass is 474 g/mol. The number of nitrogens with zero attached hydrogens (tertiary/aromatic N) is 2. The summed E-state index contributed by atoms with van der Waals surface area (Å²) in [6.07, 6.45) is 1.52. The summed E-state index contributed by atoms with van der Waals surface area (Å²) in [5.41, 5.74) is 1.30. The normalized spacial score (nSPS) is 21.5. The van der Waals surface area contributed by atoms with Crippen molar-refractivity contribution in [2.75, 3.05) is 32.1 Å². The zero-order chi connectivity index (χ0) is 25.0. The van der Waals surface area contributed by atoms with Crippen LogP contribution in [-0.2, 0) is 16.0 Å². The van der Waals surface area contributed by atoms with Gasteiger partial charge in [-0.05, 0) is 51.8 Å². The Morgan fingerprint density at radius 3 is 2.59 bits per heavy atom. The highest BCUT2D eigenvalue weighted by atomic mass is 16.5. The van der Waals surface area contributed by atoms with E-state index in [1.807, 2.05) is 27.7 Å². The Labute approximate surface area is 201 Å². The molecule has 0 spiro atoms. The fourth-order valence-electron chi connectivity index (χ4n) is 4.03. The minimum Gasteiger partial charge on any atom is -0.488 e. The summed E-state index contributed by atoms with van der Waals surface area (Å²) in [5.74, 6) is 0.408. The molecule has 9 heteroatoms. The van der Waals surface area contributed by atoms with Gasteiger partial charge in [0.15, 0.2) is 0 Å². The second-order valence-corrected chi connectivity index (χ2v) is 9.96. The van der Waals surface area contributed by atoms with E-state index >= 15 is 0 Å². The first-order valence-corrected chi connectivity index (χ1v) is 12.1. The number of amides is 4. The van der Waals surface area contributed by atoms with E-state index in [9.17, 15) is 19.5 Å². The summed E-state index contributed by atoms with van der Waals surface area (Å²) in [4.78, 5) is 41.2. The average Bonchev–Trinajstić information content (AvgIpc) is 3.62. The van der Waals surface area contributed by atoms with Gasteiger partial charge < -0.3 is 30.3 Å². The fourth-order valence-corrected chi connectivity index (χ4v) is 4.03. The van der Waals surface area contributed by atoms with Crippen LogP contribution in [0.3, 0.4) is 0 Å². The molecule has 1 heterocycles. The third-order valence-corrected chi connectivity index (χ3v) is 6.34. The molecule has 1 fully saturated rings. The molecule has 0 bridgehead atoms. The molecule has 188 valence electrons. The van der Waals surface area contributed by atoms with E-state index in [1.165, 1.54) is 0 Å². The van der Waals surface area contributed by atoms with Crippen molar-refractivity contribution in [3.05, 3.63) is 23.8 Å². The number of nitrogens with one attached hydrogen (secondary N) is 2. The number of fused-ring (bicyclic) bond motifs is 1. The molecule has 34 heavy (non-hydrogen) atoms. The number of benzene rings is 1. The molecular formula is C25H38N4O5. The van der Waals surface area contributed by atoms with Gasteiger partial charge in [-0.3, -0.25) is 9.59 Å². The number of anilines is 1. The molecule has 1 saturated carbocycles. The van der Waals surface area contributed by atoms with Crippen molar-refractivity contribution in [2.24, 2.45) is 11.8 Å². The summed E-state index contributed by atoms with van der Waals surface area (Å²) >= 11 is 0. The highest BCUT2D eigenvalue weighted by Crippen LogP contribution is 2.32. The highest BCUT2D eigenvalue weighted by Gasteiger charge is 2.33. The van der Waals surface area contributed by atoms with Crippen LogP contribution in [0.25, 0.3) is 0 Å². The minimum atomic E-state index is -0.382. The van der Waals surface area contributed by atoms with Gasteiger partial charge in [-0.2, -0.15) is 0 Å². The van der Waals surface area contributed by atoms with Crippen LogP contribution in [0.1, 0.15) is 46.1 Å². The number of rotatable bonds is 7. The maximum atomic E-state index is 13.2. The molecule has 2 aliphatic rings. The number of aliphatic hydroxyl groups is 1. The zero-order valence-corrected chi connectivity index (χ0v) is 20.8. The van der Waals surface area contributed by atoms with Crippen LogP contribution < -0.4 is 15.4 Å². The van der Waals surface area contributed by atoms with Crippen molar-refractivity contribution < 1.29 is 24.2 Å². The van der Waals surface area contributed by atoms with Crippen molar-refractivity contribution >= 4 is 23.5 Å². The molecule has 4 amide bonds. The van der Waals surface area contributed by atoms with Crippen molar-refractivity contribution in [1.29, 1.82) is 0 Å². The summed E-state index contributed by atoms with van der Waals surface area (Å²) in [5, 5.41) is 15.6. The summed E-state index contributed by atoms with van der Waals surface area (Å²) in [7, 11) is 1.72. The number of ether oxygens (including phenoxy) is 1. The second kappa shape index (κ2) is 11.1. The van der Waals surface area contributed by atoms with Gasteiger partial charge in [0, 0.05) is 42.7 Å². The van der Waals surface area contributed by atoms with Gasteiger partial charge in [-0.15, -0.1) is 0 Å². The predicted molar refractivity (Wildman–Crippen MR) is 130 cm³/mol. The topological polar surface area (TPSA) is 111 Å². The van der Waals surface area contributed by atoms with Gasteiger partial charge in [0.05, 0.1) is 25.6 Å². The first-order chi connectivity index (χ1) is 16.1. The molecule has 1 aliphatic heterocycles.